The minimum Gasteiger partial charge on any atom is -0.392 e. The molecule has 0 aliphatic heterocycles. The molecule has 0 atom stereocenters. The normalized spacial score (nSPS) is 10.2. The van der Waals surface area contributed by atoms with Gasteiger partial charge < -0.3 is 15.7 Å². The molecule has 1 rings (SSSR count). The van der Waals surface area contributed by atoms with E-state index in [0.29, 0.717) is 0 Å². The van der Waals surface area contributed by atoms with Gasteiger partial charge in [-0.15, -0.1) is 0 Å². The molecule has 0 radical (unpaired) electrons. The topological polar surface area (TPSA) is 44.3 Å². The van der Waals surface area contributed by atoms with Crippen LogP contribution in [-0.2, 0) is 6.61 Å². The third kappa shape index (κ3) is 4.11. The van der Waals surface area contributed by atoms with E-state index in [4.69, 9.17) is 0 Å². The monoisotopic (exact) mass is 222 g/mol. The SMILES string of the molecule is CCCNc1cc(CO)cc(NCCC)c1. The Morgan fingerprint density at radius 3 is 1.81 bits per heavy atom. The van der Waals surface area contributed by atoms with Gasteiger partial charge in [0.1, 0.15) is 0 Å². The van der Waals surface area contributed by atoms with Crippen molar-refractivity contribution in [2.45, 2.75) is 33.3 Å². The predicted octanol–water partition coefficient (Wildman–Crippen LogP) is 2.82. The van der Waals surface area contributed by atoms with Crippen LogP contribution in [0.15, 0.2) is 18.2 Å². The van der Waals surface area contributed by atoms with Gasteiger partial charge in [-0.3, -0.25) is 0 Å². The Kier molecular flexibility index (Phi) is 5.72. The first-order valence-electron chi connectivity index (χ1n) is 6.02. The maximum atomic E-state index is 9.18. The third-order valence-electron chi connectivity index (χ3n) is 2.33. The van der Waals surface area contributed by atoms with E-state index in [0.717, 1.165) is 42.9 Å². The summed E-state index contributed by atoms with van der Waals surface area (Å²) in [5.74, 6) is 0. The molecule has 0 amide bonds. The molecule has 90 valence electrons. The minimum absolute atomic E-state index is 0.0858. The van der Waals surface area contributed by atoms with Crippen LogP contribution in [0.4, 0.5) is 11.4 Å². The van der Waals surface area contributed by atoms with Gasteiger partial charge in [-0.05, 0) is 36.6 Å². The lowest BCUT2D eigenvalue weighted by Crippen LogP contribution is -2.04. The van der Waals surface area contributed by atoms with Gasteiger partial charge in [-0.2, -0.15) is 0 Å². The van der Waals surface area contributed by atoms with Crippen molar-refractivity contribution in [2.24, 2.45) is 0 Å². The van der Waals surface area contributed by atoms with Crippen molar-refractivity contribution >= 4 is 11.4 Å². The number of rotatable bonds is 7. The number of benzene rings is 1. The Bertz CT molecular complexity index is 287. The first kappa shape index (κ1) is 12.8. The summed E-state index contributed by atoms with van der Waals surface area (Å²) < 4.78 is 0. The van der Waals surface area contributed by atoms with Gasteiger partial charge in [-0.25, -0.2) is 0 Å². The third-order valence-corrected chi connectivity index (χ3v) is 2.33. The summed E-state index contributed by atoms with van der Waals surface area (Å²) in [6.45, 7) is 6.28. The fourth-order valence-electron chi connectivity index (χ4n) is 1.53. The van der Waals surface area contributed by atoms with E-state index in [9.17, 15) is 5.11 Å². The van der Waals surface area contributed by atoms with Crippen LogP contribution < -0.4 is 10.6 Å². The van der Waals surface area contributed by atoms with Crippen molar-refractivity contribution in [3.63, 3.8) is 0 Å². The largest absolute Gasteiger partial charge is 0.392 e. The molecule has 0 unspecified atom stereocenters. The summed E-state index contributed by atoms with van der Waals surface area (Å²) in [5.41, 5.74) is 3.10. The molecule has 3 N–H and O–H groups in total. The summed E-state index contributed by atoms with van der Waals surface area (Å²) in [6.07, 6.45) is 2.20. The number of anilines is 2. The van der Waals surface area contributed by atoms with Crippen LogP contribution in [0.3, 0.4) is 0 Å². The standard InChI is InChI=1S/C13H22N2O/c1-3-5-14-12-7-11(10-16)8-13(9-12)15-6-4-2/h7-9,14-16H,3-6,10H2,1-2H3. The van der Waals surface area contributed by atoms with E-state index < -0.39 is 0 Å². The molecule has 0 aliphatic carbocycles. The molecule has 0 saturated heterocycles. The summed E-state index contributed by atoms with van der Waals surface area (Å²) in [7, 11) is 0. The highest BCUT2D eigenvalue weighted by Gasteiger charge is 1.99. The van der Waals surface area contributed by atoms with E-state index in [2.05, 4.69) is 30.5 Å². The molecular formula is C13H22N2O. The Balaban J connectivity index is 2.74. The Hall–Kier alpha value is -1.22. The summed E-state index contributed by atoms with van der Waals surface area (Å²) in [6, 6.07) is 6.07. The molecule has 1 aromatic carbocycles. The number of nitrogens with one attached hydrogen (secondary N) is 2. The first-order chi connectivity index (χ1) is 7.80. The van der Waals surface area contributed by atoms with Gasteiger partial charge in [0.05, 0.1) is 6.61 Å². The molecular weight excluding hydrogens is 200 g/mol. The van der Waals surface area contributed by atoms with Gasteiger partial charge >= 0.3 is 0 Å². The summed E-state index contributed by atoms with van der Waals surface area (Å²) in [4.78, 5) is 0. The molecule has 0 heterocycles. The highest BCUT2D eigenvalue weighted by atomic mass is 16.3. The van der Waals surface area contributed by atoms with Crippen molar-refractivity contribution in [1.29, 1.82) is 0 Å². The number of hydrogen-bond donors (Lipinski definition) is 3. The number of aliphatic hydroxyl groups excluding tert-OH is 1. The molecule has 3 heteroatoms. The van der Waals surface area contributed by atoms with Crippen molar-refractivity contribution in [2.75, 3.05) is 23.7 Å². The van der Waals surface area contributed by atoms with Crippen LogP contribution >= 0.6 is 0 Å². The first-order valence-corrected chi connectivity index (χ1v) is 6.02. The maximum absolute atomic E-state index is 9.18. The van der Waals surface area contributed by atoms with Gasteiger partial charge in [0.25, 0.3) is 0 Å². The smallest absolute Gasteiger partial charge is 0.0683 e. The van der Waals surface area contributed by atoms with E-state index in [1.54, 1.807) is 0 Å². The van der Waals surface area contributed by atoms with Crippen molar-refractivity contribution in [3.8, 4) is 0 Å². The van der Waals surface area contributed by atoms with Crippen LogP contribution in [0.25, 0.3) is 0 Å². The van der Waals surface area contributed by atoms with Crippen molar-refractivity contribution in [1.82, 2.24) is 0 Å². The van der Waals surface area contributed by atoms with E-state index in [1.807, 2.05) is 12.1 Å². The summed E-state index contributed by atoms with van der Waals surface area (Å²) in [5, 5.41) is 15.9. The molecule has 16 heavy (non-hydrogen) atoms. The molecule has 0 aliphatic rings. The van der Waals surface area contributed by atoms with Gasteiger partial charge in [-0.1, -0.05) is 13.8 Å². The minimum atomic E-state index is 0.0858. The predicted molar refractivity (Wildman–Crippen MR) is 69.9 cm³/mol. The quantitative estimate of drug-likeness (QED) is 0.664. The maximum Gasteiger partial charge on any atom is 0.0683 e. The molecule has 1 aromatic rings. The summed E-state index contributed by atoms with van der Waals surface area (Å²) >= 11 is 0. The Morgan fingerprint density at radius 2 is 1.44 bits per heavy atom. The van der Waals surface area contributed by atoms with Crippen molar-refractivity contribution < 1.29 is 5.11 Å². The van der Waals surface area contributed by atoms with Crippen LogP contribution in [0, 0.1) is 0 Å². The second-order valence-corrected chi connectivity index (χ2v) is 3.93. The fraction of sp³-hybridized carbons (Fsp3) is 0.538. The zero-order valence-electron chi connectivity index (χ0n) is 10.2. The number of hydrogen-bond acceptors (Lipinski definition) is 3. The lowest BCUT2D eigenvalue weighted by Gasteiger charge is -2.11. The molecule has 0 fully saturated rings. The van der Waals surface area contributed by atoms with Crippen LogP contribution in [-0.4, -0.2) is 18.2 Å². The Labute approximate surface area is 97.9 Å². The fourth-order valence-corrected chi connectivity index (χ4v) is 1.53. The van der Waals surface area contributed by atoms with E-state index in [-0.39, 0.29) is 6.61 Å². The second-order valence-electron chi connectivity index (χ2n) is 3.93. The highest BCUT2D eigenvalue weighted by Crippen LogP contribution is 2.19. The van der Waals surface area contributed by atoms with Crippen LogP contribution in [0.1, 0.15) is 32.3 Å². The average Bonchev–Trinajstić information content (AvgIpc) is 2.33. The van der Waals surface area contributed by atoms with Gasteiger partial charge in [0, 0.05) is 24.5 Å². The van der Waals surface area contributed by atoms with E-state index >= 15 is 0 Å². The average molecular weight is 222 g/mol. The van der Waals surface area contributed by atoms with Gasteiger partial charge in [0.2, 0.25) is 0 Å². The Morgan fingerprint density at radius 1 is 0.938 bits per heavy atom. The molecule has 0 saturated carbocycles. The van der Waals surface area contributed by atoms with E-state index in [1.165, 1.54) is 0 Å². The molecule has 0 bridgehead atoms. The van der Waals surface area contributed by atoms with Crippen molar-refractivity contribution in [3.05, 3.63) is 23.8 Å². The molecule has 0 aromatic heterocycles. The lowest BCUT2D eigenvalue weighted by molar-refractivity contribution is 0.282. The van der Waals surface area contributed by atoms with Crippen LogP contribution in [0.5, 0.6) is 0 Å². The highest BCUT2D eigenvalue weighted by molar-refractivity contribution is 5.59. The van der Waals surface area contributed by atoms with Crippen LogP contribution in [0.2, 0.25) is 0 Å². The second kappa shape index (κ2) is 7.12. The molecule has 0 spiro atoms. The zero-order chi connectivity index (χ0) is 11.8. The van der Waals surface area contributed by atoms with Gasteiger partial charge in [0.15, 0.2) is 0 Å². The zero-order valence-corrected chi connectivity index (χ0v) is 10.2. The number of aliphatic hydroxyl groups is 1. The molecule has 3 nitrogen and oxygen atoms in total. The lowest BCUT2D eigenvalue weighted by atomic mass is 10.1.